The van der Waals surface area contributed by atoms with E-state index in [0.717, 1.165) is 0 Å². The average molecular weight is 741 g/mol. The van der Waals surface area contributed by atoms with Crippen molar-refractivity contribution in [1.82, 2.24) is 0 Å². The second kappa shape index (κ2) is 13.9. The molecule has 0 aliphatic carbocycles. The summed E-state index contributed by atoms with van der Waals surface area (Å²) >= 11 is 1.89. The minimum atomic E-state index is 1.20. The van der Waals surface area contributed by atoms with Crippen molar-refractivity contribution in [3.8, 4) is 66.8 Å². The molecule has 266 valence electrons. The highest BCUT2D eigenvalue weighted by molar-refractivity contribution is 7.26. The van der Waals surface area contributed by atoms with Gasteiger partial charge in [0.25, 0.3) is 0 Å². The lowest BCUT2D eigenvalue weighted by molar-refractivity contribution is 1.60. The van der Waals surface area contributed by atoms with Gasteiger partial charge in [-0.3, -0.25) is 0 Å². The number of thiophene rings is 1. The zero-order valence-electron chi connectivity index (χ0n) is 31.2. The lowest BCUT2D eigenvalue weighted by Gasteiger charge is -2.19. The third kappa shape index (κ3) is 5.84. The Morgan fingerprint density at radius 3 is 1.32 bits per heavy atom. The average Bonchev–Trinajstić information content (AvgIpc) is 3.67. The van der Waals surface area contributed by atoms with Crippen molar-refractivity contribution in [3.05, 3.63) is 218 Å². The number of hydrogen-bond acceptors (Lipinski definition) is 1. The van der Waals surface area contributed by atoms with Crippen molar-refractivity contribution >= 4 is 53.1 Å². The Morgan fingerprint density at radius 2 is 0.667 bits per heavy atom. The number of hydrogen-bond donors (Lipinski definition) is 0. The molecular weight excluding hydrogens is 705 g/mol. The van der Waals surface area contributed by atoms with Crippen molar-refractivity contribution in [3.63, 3.8) is 0 Å². The summed E-state index contributed by atoms with van der Waals surface area (Å²) in [6.07, 6.45) is 0. The Hall–Kier alpha value is -7.06. The molecule has 10 aromatic carbocycles. The maximum atomic E-state index is 2.42. The molecule has 0 N–H and O–H groups in total. The summed E-state index contributed by atoms with van der Waals surface area (Å²) in [5, 5.41) is 7.65. The van der Waals surface area contributed by atoms with Gasteiger partial charge in [-0.2, -0.15) is 0 Å². The first kappa shape index (κ1) is 33.3. The first-order chi connectivity index (χ1) is 28.3. The van der Waals surface area contributed by atoms with Gasteiger partial charge in [-0.15, -0.1) is 11.3 Å². The molecule has 0 aliphatic heterocycles. The van der Waals surface area contributed by atoms with Crippen molar-refractivity contribution in [1.29, 1.82) is 0 Å². The van der Waals surface area contributed by atoms with E-state index in [4.69, 9.17) is 0 Å². The summed E-state index contributed by atoms with van der Waals surface area (Å²) in [5.74, 6) is 0. The zero-order chi connectivity index (χ0) is 37.7. The first-order valence-electron chi connectivity index (χ1n) is 19.6. The molecule has 0 unspecified atom stereocenters. The van der Waals surface area contributed by atoms with Crippen molar-refractivity contribution in [2.45, 2.75) is 0 Å². The number of benzene rings is 10. The van der Waals surface area contributed by atoms with Crippen LogP contribution in [0.1, 0.15) is 0 Å². The van der Waals surface area contributed by atoms with Crippen LogP contribution in [-0.4, -0.2) is 0 Å². The summed E-state index contributed by atoms with van der Waals surface area (Å²) in [6, 6.07) is 80.2. The molecule has 0 radical (unpaired) electrons. The molecule has 0 aliphatic rings. The fraction of sp³-hybridized carbons (Fsp3) is 0. The normalized spacial score (nSPS) is 11.5. The maximum Gasteiger partial charge on any atom is 0.0434 e. The van der Waals surface area contributed by atoms with Gasteiger partial charge < -0.3 is 0 Å². The second-order valence-corrected chi connectivity index (χ2v) is 15.9. The Labute approximate surface area is 336 Å². The van der Waals surface area contributed by atoms with E-state index < -0.39 is 0 Å². The van der Waals surface area contributed by atoms with Crippen LogP contribution in [-0.2, 0) is 0 Å². The SMILES string of the molecule is c1ccc(-c2ccc3sc4c(-c5ccccc5)cc(-c5cccc(-c6ccc7c(-c8ccccc8)c8ccccc8c(-c8ccccc8)c7c6)c5)cc4c3c2)cc1. The summed E-state index contributed by atoms with van der Waals surface area (Å²) in [4.78, 5) is 0. The van der Waals surface area contributed by atoms with Gasteiger partial charge >= 0.3 is 0 Å². The molecule has 0 amide bonds. The molecule has 0 atom stereocenters. The Balaban J connectivity index is 1.12. The molecule has 1 heteroatoms. The molecule has 11 aromatic rings. The molecule has 0 nitrogen and oxygen atoms in total. The van der Waals surface area contributed by atoms with Gasteiger partial charge in [0.15, 0.2) is 0 Å². The predicted molar refractivity (Wildman–Crippen MR) is 247 cm³/mol. The van der Waals surface area contributed by atoms with Crippen LogP contribution in [0.4, 0.5) is 0 Å². The minimum Gasteiger partial charge on any atom is -0.135 e. The van der Waals surface area contributed by atoms with Crippen LogP contribution in [0, 0.1) is 0 Å². The zero-order valence-corrected chi connectivity index (χ0v) is 32.0. The van der Waals surface area contributed by atoms with E-state index in [1.807, 2.05) is 11.3 Å². The maximum absolute atomic E-state index is 2.42. The highest BCUT2D eigenvalue weighted by atomic mass is 32.1. The van der Waals surface area contributed by atoms with Gasteiger partial charge in [0.2, 0.25) is 0 Å². The quantitative estimate of drug-likeness (QED) is 0.149. The van der Waals surface area contributed by atoms with E-state index in [-0.39, 0.29) is 0 Å². The molecule has 0 saturated carbocycles. The monoisotopic (exact) mass is 740 g/mol. The van der Waals surface area contributed by atoms with Crippen molar-refractivity contribution < 1.29 is 0 Å². The fourth-order valence-corrected chi connectivity index (χ4v) is 9.96. The lowest BCUT2D eigenvalue weighted by atomic mass is 9.84. The topological polar surface area (TPSA) is 0 Å². The first-order valence-corrected chi connectivity index (χ1v) is 20.4. The van der Waals surface area contributed by atoms with E-state index in [0.29, 0.717) is 0 Å². The van der Waals surface area contributed by atoms with E-state index in [2.05, 4.69) is 218 Å². The van der Waals surface area contributed by atoms with Crippen LogP contribution in [0.15, 0.2) is 218 Å². The lowest BCUT2D eigenvalue weighted by Crippen LogP contribution is -1.91. The van der Waals surface area contributed by atoms with Gasteiger partial charge in [-0.1, -0.05) is 182 Å². The van der Waals surface area contributed by atoms with E-state index >= 15 is 0 Å². The number of rotatable bonds is 6. The van der Waals surface area contributed by atoms with Crippen LogP contribution < -0.4 is 0 Å². The standard InChI is InChI=1S/C56H36S/c1-5-16-37(17-6-1)43-29-31-53-50(33-43)52-36-45(35-49(56(52)57-53)38-18-7-2-8-19-38)42-25-15-24-41(32-42)44-28-30-48-51(34-44)55(40-22-11-4-12-23-40)47-27-14-13-26-46(47)54(48)39-20-9-3-10-21-39/h1-36H. The molecule has 1 heterocycles. The smallest absolute Gasteiger partial charge is 0.0434 e. The van der Waals surface area contributed by atoms with Crippen LogP contribution in [0.3, 0.4) is 0 Å². The fourth-order valence-electron chi connectivity index (χ4n) is 8.76. The predicted octanol–water partition coefficient (Wildman–Crippen LogP) is 16.4. The van der Waals surface area contributed by atoms with Gasteiger partial charge in [0, 0.05) is 25.7 Å². The highest BCUT2D eigenvalue weighted by Crippen LogP contribution is 2.46. The molecular formula is C56H36S. The third-order valence-corrected chi connectivity index (χ3v) is 12.7. The summed E-state index contributed by atoms with van der Waals surface area (Å²) in [6.45, 7) is 0. The molecule has 1 aromatic heterocycles. The summed E-state index contributed by atoms with van der Waals surface area (Å²) in [7, 11) is 0. The third-order valence-electron chi connectivity index (χ3n) is 11.4. The minimum absolute atomic E-state index is 1.20. The van der Waals surface area contributed by atoms with Crippen LogP contribution in [0.2, 0.25) is 0 Å². The van der Waals surface area contributed by atoms with Crippen LogP contribution >= 0.6 is 11.3 Å². The second-order valence-electron chi connectivity index (χ2n) is 14.8. The number of fused-ring (bicyclic) bond motifs is 5. The van der Waals surface area contributed by atoms with Crippen molar-refractivity contribution in [2.75, 3.05) is 0 Å². The summed E-state index contributed by atoms with van der Waals surface area (Å²) < 4.78 is 2.63. The largest absolute Gasteiger partial charge is 0.135 e. The molecule has 0 fully saturated rings. The van der Waals surface area contributed by atoms with Gasteiger partial charge in [0.05, 0.1) is 0 Å². The van der Waals surface area contributed by atoms with Crippen LogP contribution in [0.25, 0.3) is 108 Å². The molecule has 0 spiro atoms. The molecule has 11 rings (SSSR count). The van der Waals surface area contributed by atoms with E-state index in [9.17, 15) is 0 Å². The van der Waals surface area contributed by atoms with Gasteiger partial charge in [0.1, 0.15) is 0 Å². The van der Waals surface area contributed by atoms with E-state index in [1.165, 1.54) is 108 Å². The van der Waals surface area contributed by atoms with Gasteiger partial charge in [-0.25, -0.2) is 0 Å². The van der Waals surface area contributed by atoms with Crippen molar-refractivity contribution in [2.24, 2.45) is 0 Å². The van der Waals surface area contributed by atoms with Gasteiger partial charge in [-0.05, 0) is 119 Å². The van der Waals surface area contributed by atoms with E-state index in [1.54, 1.807) is 0 Å². The highest BCUT2D eigenvalue weighted by Gasteiger charge is 2.19. The summed E-state index contributed by atoms with van der Waals surface area (Å²) in [5.41, 5.74) is 14.8. The Bertz CT molecular complexity index is 3250. The molecule has 0 saturated heterocycles. The Kier molecular flexibility index (Phi) is 8.12. The Morgan fingerprint density at radius 1 is 0.228 bits per heavy atom. The molecule has 57 heavy (non-hydrogen) atoms. The van der Waals surface area contributed by atoms with Crippen LogP contribution in [0.5, 0.6) is 0 Å². The molecule has 0 bridgehead atoms.